The van der Waals surface area contributed by atoms with E-state index in [-0.39, 0.29) is 0 Å². The Balaban J connectivity index is 1.96. The Morgan fingerprint density at radius 2 is 2.18 bits per heavy atom. The van der Waals surface area contributed by atoms with Gasteiger partial charge in [-0.2, -0.15) is 0 Å². The Labute approximate surface area is 69.5 Å². The molecule has 0 radical (unpaired) electrons. The van der Waals surface area contributed by atoms with Gasteiger partial charge < -0.3 is 11.1 Å². The molecule has 2 nitrogen and oxygen atoms in total. The average molecular weight is 156 g/mol. The Kier molecular flexibility index (Phi) is 3.34. The molecule has 1 rings (SSSR count). The Hall–Kier alpha value is -0.0800. The SMILES string of the molecule is CCC(C)CNC1CC(N)C1. The topological polar surface area (TPSA) is 38.0 Å². The fourth-order valence-corrected chi connectivity index (χ4v) is 1.34. The van der Waals surface area contributed by atoms with Crippen LogP contribution in [0.1, 0.15) is 33.1 Å². The number of hydrogen-bond acceptors (Lipinski definition) is 2. The minimum atomic E-state index is 0.476. The molecule has 1 aliphatic rings. The van der Waals surface area contributed by atoms with Gasteiger partial charge in [-0.3, -0.25) is 0 Å². The summed E-state index contributed by atoms with van der Waals surface area (Å²) in [6.45, 7) is 5.68. The van der Waals surface area contributed by atoms with Gasteiger partial charge in [0.15, 0.2) is 0 Å². The molecular weight excluding hydrogens is 136 g/mol. The maximum Gasteiger partial charge on any atom is 0.00966 e. The van der Waals surface area contributed by atoms with E-state index in [0.717, 1.165) is 18.5 Å². The van der Waals surface area contributed by atoms with Crippen LogP contribution in [0.5, 0.6) is 0 Å². The average Bonchev–Trinajstić information content (AvgIpc) is 1.95. The van der Waals surface area contributed by atoms with Crippen molar-refractivity contribution in [2.75, 3.05) is 6.54 Å². The van der Waals surface area contributed by atoms with E-state index in [1.807, 2.05) is 0 Å². The molecule has 1 unspecified atom stereocenters. The van der Waals surface area contributed by atoms with E-state index >= 15 is 0 Å². The van der Waals surface area contributed by atoms with Crippen LogP contribution in [0.2, 0.25) is 0 Å². The van der Waals surface area contributed by atoms with Gasteiger partial charge in [0.1, 0.15) is 0 Å². The first-order chi connectivity index (χ1) is 5.22. The van der Waals surface area contributed by atoms with Gasteiger partial charge in [-0.1, -0.05) is 20.3 Å². The standard InChI is InChI=1S/C9H20N2/c1-3-7(2)6-11-9-4-8(10)5-9/h7-9,11H,3-6,10H2,1-2H3. The summed E-state index contributed by atoms with van der Waals surface area (Å²) in [7, 11) is 0. The lowest BCUT2D eigenvalue weighted by atomic mass is 9.87. The normalized spacial score (nSPS) is 33.0. The molecule has 1 atom stereocenters. The van der Waals surface area contributed by atoms with Crippen LogP contribution in [-0.2, 0) is 0 Å². The second kappa shape index (κ2) is 4.07. The van der Waals surface area contributed by atoms with Crippen LogP contribution < -0.4 is 11.1 Å². The van der Waals surface area contributed by atoms with E-state index in [2.05, 4.69) is 19.2 Å². The van der Waals surface area contributed by atoms with Crippen LogP contribution in [0.15, 0.2) is 0 Å². The van der Waals surface area contributed by atoms with Crippen molar-refractivity contribution < 1.29 is 0 Å². The third kappa shape index (κ3) is 2.80. The van der Waals surface area contributed by atoms with Crippen LogP contribution in [0.25, 0.3) is 0 Å². The highest BCUT2D eigenvalue weighted by atomic mass is 15.0. The molecule has 3 N–H and O–H groups in total. The first-order valence-corrected chi connectivity index (χ1v) is 4.71. The second-order valence-corrected chi connectivity index (χ2v) is 3.85. The fraction of sp³-hybridized carbons (Fsp3) is 1.00. The molecule has 0 aromatic carbocycles. The minimum Gasteiger partial charge on any atom is -0.328 e. The van der Waals surface area contributed by atoms with E-state index in [1.54, 1.807) is 0 Å². The molecule has 0 heterocycles. The molecular formula is C9H20N2. The van der Waals surface area contributed by atoms with E-state index < -0.39 is 0 Å². The molecule has 0 amide bonds. The molecule has 1 saturated carbocycles. The van der Waals surface area contributed by atoms with Gasteiger partial charge in [0.2, 0.25) is 0 Å². The number of rotatable bonds is 4. The molecule has 11 heavy (non-hydrogen) atoms. The van der Waals surface area contributed by atoms with Crippen molar-refractivity contribution in [2.24, 2.45) is 11.7 Å². The van der Waals surface area contributed by atoms with Crippen molar-refractivity contribution in [1.82, 2.24) is 5.32 Å². The molecule has 0 aliphatic heterocycles. The van der Waals surface area contributed by atoms with Crippen molar-refractivity contribution in [3.63, 3.8) is 0 Å². The Morgan fingerprint density at radius 3 is 2.64 bits per heavy atom. The van der Waals surface area contributed by atoms with Crippen LogP contribution in [0, 0.1) is 5.92 Å². The molecule has 0 aromatic heterocycles. The van der Waals surface area contributed by atoms with E-state index in [4.69, 9.17) is 5.73 Å². The lowest BCUT2D eigenvalue weighted by Gasteiger charge is -2.33. The molecule has 0 bridgehead atoms. The van der Waals surface area contributed by atoms with Crippen molar-refractivity contribution >= 4 is 0 Å². The quantitative estimate of drug-likeness (QED) is 0.640. The van der Waals surface area contributed by atoms with Crippen LogP contribution >= 0.6 is 0 Å². The molecule has 0 aromatic rings. The van der Waals surface area contributed by atoms with Crippen molar-refractivity contribution in [2.45, 2.75) is 45.2 Å². The van der Waals surface area contributed by atoms with Gasteiger partial charge in [-0.25, -0.2) is 0 Å². The molecule has 1 aliphatic carbocycles. The smallest absolute Gasteiger partial charge is 0.00966 e. The molecule has 2 heteroatoms. The monoisotopic (exact) mass is 156 g/mol. The summed E-state index contributed by atoms with van der Waals surface area (Å²) in [5, 5.41) is 3.52. The summed E-state index contributed by atoms with van der Waals surface area (Å²) in [6, 6.07) is 1.20. The highest BCUT2D eigenvalue weighted by Crippen LogP contribution is 2.17. The summed E-state index contributed by atoms with van der Waals surface area (Å²) in [5.41, 5.74) is 5.67. The predicted octanol–water partition coefficient (Wildman–Crippen LogP) is 1.11. The first-order valence-electron chi connectivity index (χ1n) is 4.71. The minimum absolute atomic E-state index is 0.476. The summed E-state index contributed by atoms with van der Waals surface area (Å²) in [6.07, 6.45) is 3.62. The summed E-state index contributed by atoms with van der Waals surface area (Å²) >= 11 is 0. The van der Waals surface area contributed by atoms with Gasteiger partial charge in [0.05, 0.1) is 0 Å². The number of hydrogen-bond donors (Lipinski definition) is 2. The van der Waals surface area contributed by atoms with Crippen LogP contribution in [0.3, 0.4) is 0 Å². The lowest BCUT2D eigenvalue weighted by molar-refractivity contribution is 0.279. The second-order valence-electron chi connectivity index (χ2n) is 3.85. The zero-order valence-corrected chi connectivity index (χ0v) is 7.64. The van der Waals surface area contributed by atoms with Crippen molar-refractivity contribution in [1.29, 1.82) is 0 Å². The number of nitrogens with one attached hydrogen (secondary N) is 1. The largest absolute Gasteiger partial charge is 0.328 e. The van der Waals surface area contributed by atoms with Crippen LogP contribution in [-0.4, -0.2) is 18.6 Å². The van der Waals surface area contributed by atoms with E-state index in [0.29, 0.717) is 6.04 Å². The Bertz CT molecular complexity index is 108. The first kappa shape index (κ1) is 9.01. The lowest BCUT2D eigenvalue weighted by Crippen LogP contribution is -2.49. The third-order valence-corrected chi connectivity index (χ3v) is 2.63. The molecule has 0 spiro atoms. The summed E-state index contributed by atoms with van der Waals surface area (Å²) in [4.78, 5) is 0. The van der Waals surface area contributed by atoms with E-state index in [1.165, 1.54) is 19.3 Å². The van der Waals surface area contributed by atoms with Crippen LogP contribution in [0.4, 0.5) is 0 Å². The summed E-state index contributed by atoms with van der Waals surface area (Å²) < 4.78 is 0. The van der Waals surface area contributed by atoms with E-state index in [9.17, 15) is 0 Å². The molecule has 0 saturated heterocycles. The Morgan fingerprint density at radius 1 is 1.55 bits per heavy atom. The van der Waals surface area contributed by atoms with Gasteiger partial charge in [0.25, 0.3) is 0 Å². The third-order valence-electron chi connectivity index (χ3n) is 2.63. The fourth-order valence-electron chi connectivity index (χ4n) is 1.34. The predicted molar refractivity (Wildman–Crippen MR) is 48.5 cm³/mol. The highest BCUT2D eigenvalue weighted by molar-refractivity contribution is 4.87. The van der Waals surface area contributed by atoms with Gasteiger partial charge >= 0.3 is 0 Å². The highest BCUT2D eigenvalue weighted by Gasteiger charge is 2.24. The zero-order chi connectivity index (χ0) is 8.27. The zero-order valence-electron chi connectivity index (χ0n) is 7.64. The molecule has 1 fully saturated rings. The van der Waals surface area contributed by atoms with Gasteiger partial charge in [0, 0.05) is 12.1 Å². The summed E-state index contributed by atoms with van der Waals surface area (Å²) in [5.74, 6) is 0.812. The number of nitrogens with two attached hydrogens (primary N) is 1. The maximum absolute atomic E-state index is 5.67. The van der Waals surface area contributed by atoms with Gasteiger partial charge in [-0.05, 0) is 25.3 Å². The molecule has 66 valence electrons. The maximum atomic E-state index is 5.67. The van der Waals surface area contributed by atoms with Gasteiger partial charge in [-0.15, -0.1) is 0 Å². The van der Waals surface area contributed by atoms with Crippen molar-refractivity contribution in [3.05, 3.63) is 0 Å². The van der Waals surface area contributed by atoms with Crippen molar-refractivity contribution in [3.8, 4) is 0 Å².